The number of nitrogens with zero attached hydrogens (tertiary/aromatic N) is 5. The molecule has 1 saturated carbocycles. The Bertz CT molecular complexity index is 1710. The molecule has 0 radical (unpaired) electrons. The third kappa shape index (κ3) is 5.28. The largest absolute Gasteiger partial charge is 0.469 e. The van der Waals surface area contributed by atoms with Gasteiger partial charge in [-0.15, -0.1) is 11.3 Å². The van der Waals surface area contributed by atoms with E-state index in [9.17, 15) is 9.59 Å². The number of aromatic nitrogens is 4. The molecule has 228 valence electrons. The van der Waals surface area contributed by atoms with E-state index in [1.165, 1.54) is 12.7 Å². The van der Waals surface area contributed by atoms with Gasteiger partial charge in [0.05, 0.1) is 39.8 Å². The first-order valence-corrected chi connectivity index (χ1v) is 16.8. The highest BCUT2D eigenvalue weighted by Crippen LogP contribution is 2.50. The standard InChI is InChI=1S/C33H34BrN5O4S/c1-38(22-11-14-43-15-12-22)33(41)20-6-10-27(25(34)16-20)39-30-24(29(37-39)21-4-3-13-35-18-21)8-9-26-31(30)44-32(36-26)23-7-5-19(23)17-28(40)42-2/h3-4,6,10,13,16,18-19,22-23H,5,7-9,11-12,14-15,17H2,1-2H3. The maximum atomic E-state index is 13.4. The van der Waals surface area contributed by atoms with Crippen molar-refractivity contribution in [2.45, 2.75) is 56.9 Å². The van der Waals surface area contributed by atoms with Crippen molar-refractivity contribution in [2.24, 2.45) is 5.92 Å². The third-order valence-corrected chi connectivity index (χ3v) is 11.2. The van der Waals surface area contributed by atoms with Crippen LogP contribution in [0.5, 0.6) is 0 Å². The zero-order valence-electron chi connectivity index (χ0n) is 24.8. The Kier molecular flexibility index (Phi) is 8.11. The molecule has 3 aliphatic rings. The van der Waals surface area contributed by atoms with E-state index >= 15 is 0 Å². The van der Waals surface area contributed by atoms with Crippen molar-refractivity contribution >= 4 is 39.1 Å². The Morgan fingerprint density at radius 3 is 2.70 bits per heavy atom. The number of thiazole rings is 1. The number of carbonyl (C=O) groups is 2. The van der Waals surface area contributed by atoms with E-state index in [0.717, 1.165) is 81.2 Å². The van der Waals surface area contributed by atoms with E-state index in [0.29, 0.717) is 25.2 Å². The monoisotopic (exact) mass is 675 g/mol. The Labute approximate surface area is 268 Å². The normalized spacial score (nSPS) is 19.5. The van der Waals surface area contributed by atoms with Gasteiger partial charge in [0.2, 0.25) is 0 Å². The van der Waals surface area contributed by atoms with Crippen LogP contribution in [0.3, 0.4) is 0 Å². The number of fused-ring (bicyclic) bond motifs is 3. The number of rotatable bonds is 7. The molecule has 1 amide bonds. The molecule has 2 aliphatic carbocycles. The Hall–Kier alpha value is -3.41. The van der Waals surface area contributed by atoms with E-state index in [-0.39, 0.29) is 29.8 Å². The van der Waals surface area contributed by atoms with Crippen LogP contribution in [0.2, 0.25) is 0 Å². The molecule has 1 aromatic carbocycles. The molecule has 11 heteroatoms. The predicted molar refractivity (Wildman–Crippen MR) is 171 cm³/mol. The summed E-state index contributed by atoms with van der Waals surface area (Å²) in [5.74, 6) is 0.378. The van der Waals surface area contributed by atoms with Gasteiger partial charge in [-0.3, -0.25) is 14.6 Å². The summed E-state index contributed by atoms with van der Waals surface area (Å²) in [6.45, 7) is 1.37. The number of amides is 1. The number of hydrogen-bond acceptors (Lipinski definition) is 8. The van der Waals surface area contributed by atoms with E-state index in [4.69, 9.17) is 19.6 Å². The second-order valence-corrected chi connectivity index (χ2v) is 13.7. The molecule has 0 bridgehead atoms. The second kappa shape index (κ2) is 12.2. The van der Waals surface area contributed by atoms with Gasteiger partial charge >= 0.3 is 5.97 Å². The number of carbonyl (C=O) groups excluding carboxylic acids is 2. The first-order chi connectivity index (χ1) is 21.4. The summed E-state index contributed by atoms with van der Waals surface area (Å²) in [7, 11) is 3.33. The van der Waals surface area contributed by atoms with Gasteiger partial charge < -0.3 is 14.4 Å². The number of pyridine rings is 1. The average molecular weight is 677 g/mol. The number of ether oxygens (including phenoxy) is 2. The van der Waals surface area contributed by atoms with E-state index in [1.807, 2.05) is 53.2 Å². The van der Waals surface area contributed by atoms with Gasteiger partial charge in [-0.25, -0.2) is 9.67 Å². The van der Waals surface area contributed by atoms with Crippen LogP contribution in [0.15, 0.2) is 47.2 Å². The fraction of sp³-hybridized carbons (Fsp3) is 0.424. The second-order valence-electron chi connectivity index (χ2n) is 11.8. The van der Waals surface area contributed by atoms with E-state index in [2.05, 4.69) is 20.9 Å². The van der Waals surface area contributed by atoms with Crippen molar-refractivity contribution in [1.82, 2.24) is 24.6 Å². The molecule has 2 fully saturated rings. The lowest BCUT2D eigenvalue weighted by molar-refractivity contribution is -0.142. The smallest absolute Gasteiger partial charge is 0.305 e. The van der Waals surface area contributed by atoms with Gasteiger partial charge in [-0.2, -0.15) is 5.10 Å². The van der Waals surface area contributed by atoms with Crippen molar-refractivity contribution in [3.05, 3.63) is 69.0 Å². The molecule has 0 N–H and O–H groups in total. The zero-order valence-corrected chi connectivity index (χ0v) is 27.2. The predicted octanol–water partition coefficient (Wildman–Crippen LogP) is 6.23. The maximum absolute atomic E-state index is 13.4. The highest BCUT2D eigenvalue weighted by Gasteiger charge is 2.38. The van der Waals surface area contributed by atoms with Crippen LogP contribution >= 0.6 is 27.3 Å². The summed E-state index contributed by atoms with van der Waals surface area (Å²) >= 11 is 5.52. The first-order valence-electron chi connectivity index (χ1n) is 15.2. The quantitative estimate of drug-likeness (QED) is 0.214. The average Bonchev–Trinajstić information content (AvgIpc) is 3.64. The molecule has 4 heterocycles. The zero-order chi connectivity index (χ0) is 30.4. The van der Waals surface area contributed by atoms with Crippen LogP contribution in [0.4, 0.5) is 0 Å². The van der Waals surface area contributed by atoms with Crippen LogP contribution in [-0.2, 0) is 27.1 Å². The lowest BCUT2D eigenvalue weighted by atomic mass is 9.72. The number of methoxy groups -OCH3 is 1. The van der Waals surface area contributed by atoms with Gasteiger partial charge in [-0.1, -0.05) is 0 Å². The molecule has 9 nitrogen and oxygen atoms in total. The third-order valence-electron chi connectivity index (χ3n) is 9.33. The molecule has 1 aliphatic heterocycles. The highest BCUT2D eigenvalue weighted by atomic mass is 79.9. The molecule has 7 rings (SSSR count). The number of hydrogen-bond donors (Lipinski definition) is 0. The fourth-order valence-corrected chi connectivity index (χ4v) is 8.59. The van der Waals surface area contributed by atoms with Crippen molar-refractivity contribution in [2.75, 3.05) is 27.4 Å². The maximum Gasteiger partial charge on any atom is 0.305 e. The van der Waals surface area contributed by atoms with Gasteiger partial charge in [0.25, 0.3) is 5.91 Å². The van der Waals surface area contributed by atoms with Crippen LogP contribution in [0.25, 0.3) is 27.5 Å². The minimum Gasteiger partial charge on any atom is -0.469 e. The van der Waals surface area contributed by atoms with Crippen molar-refractivity contribution < 1.29 is 19.1 Å². The van der Waals surface area contributed by atoms with Crippen molar-refractivity contribution in [3.63, 3.8) is 0 Å². The summed E-state index contributed by atoms with van der Waals surface area (Å²) in [6, 6.07) is 9.93. The minimum absolute atomic E-state index is 0.000847. The van der Waals surface area contributed by atoms with Gasteiger partial charge in [0.1, 0.15) is 0 Å². The lowest BCUT2D eigenvalue weighted by Gasteiger charge is -2.34. The molecular formula is C33H34BrN5O4S. The summed E-state index contributed by atoms with van der Waals surface area (Å²) in [5.41, 5.74) is 6.66. The van der Waals surface area contributed by atoms with E-state index < -0.39 is 0 Å². The van der Waals surface area contributed by atoms with Crippen LogP contribution in [0, 0.1) is 5.92 Å². The van der Waals surface area contributed by atoms with Crippen molar-refractivity contribution in [3.8, 4) is 27.5 Å². The molecule has 3 aromatic heterocycles. The molecule has 4 aromatic rings. The minimum atomic E-state index is -0.159. The first kappa shape index (κ1) is 29.3. The molecule has 44 heavy (non-hydrogen) atoms. The lowest BCUT2D eigenvalue weighted by Crippen LogP contribution is -2.40. The molecule has 2 unspecified atom stereocenters. The van der Waals surface area contributed by atoms with Gasteiger partial charge in [0, 0.05) is 72.2 Å². The number of aryl methyl sites for hydroxylation is 1. The van der Waals surface area contributed by atoms with Crippen LogP contribution in [-0.4, -0.2) is 69.9 Å². The molecule has 2 atom stereocenters. The van der Waals surface area contributed by atoms with Crippen LogP contribution in [0.1, 0.15) is 64.6 Å². The Morgan fingerprint density at radius 2 is 2.00 bits per heavy atom. The van der Waals surface area contributed by atoms with Gasteiger partial charge in [0.15, 0.2) is 0 Å². The van der Waals surface area contributed by atoms with E-state index in [1.54, 1.807) is 17.5 Å². The number of benzene rings is 1. The van der Waals surface area contributed by atoms with Crippen LogP contribution < -0.4 is 0 Å². The van der Waals surface area contributed by atoms with Crippen molar-refractivity contribution in [1.29, 1.82) is 0 Å². The molecule has 1 saturated heterocycles. The Balaban J connectivity index is 1.27. The summed E-state index contributed by atoms with van der Waals surface area (Å²) in [6.07, 6.45) is 9.45. The Morgan fingerprint density at radius 1 is 1.16 bits per heavy atom. The molecular weight excluding hydrogens is 642 g/mol. The molecule has 0 spiro atoms. The summed E-state index contributed by atoms with van der Waals surface area (Å²) in [4.78, 5) is 37.9. The number of halogens is 1. The topological polar surface area (TPSA) is 99.4 Å². The fourth-order valence-electron chi connectivity index (χ4n) is 6.65. The highest BCUT2D eigenvalue weighted by molar-refractivity contribution is 9.10. The summed E-state index contributed by atoms with van der Waals surface area (Å²) < 4.78 is 13.2. The summed E-state index contributed by atoms with van der Waals surface area (Å²) in [5, 5.41) is 6.28. The SMILES string of the molecule is COC(=O)CC1CCC1c1nc2c(s1)-c1c(c(-c3cccnc3)nn1-c1ccc(C(=O)N(C)C3CCOCC3)cc1Br)CC2. The number of esters is 1. The van der Waals surface area contributed by atoms with Gasteiger partial charge in [-0.05, 0) is 90.7 Å².